The van der Waals surface area contributed by atoms with Crippen LogP contribution >= 0.6 is 0 Å². The Labute approximate surface area is 88.3 Å². The number of hydrogen-bond acceptors (Lipinski definition) is 3. The van der Waals surface area contributed by atoms with Crippen LogP contribution in [0, 0.1) is 5.92 Å². The van der Waals surface area contributed by atoms with Crippen LogP contribution < -0.4 is 10.2 Å². The third-order valence-electron chi connectivity index (χ3n) is 3.45. The van der Waals surface area contributed by atoms with Crippen LogP contribution in [-0.2, 0) is 4.79 Å². The minimum Gasteiger partial charge on any atom is -0.315 e. The Morgan fingerprint density at radius 1 is 1.47 bits per heavy atom. The maximum Gasteiger partial charge on any atom is 0.231 e. The summed E-state index contributed by atoms with van der Waals surface area (Å²) >= 11 is 0. The minimum atomic E-state index is 0.103. The lowest BCUT2D eigenvalue weighted by Gasteiger charge is -2.33. The molecule has 1 aromatic heterocycles. The van der Waals surface area contributed by atoms with Crippen LogP contribution in [0.2, 0.25) is 0 Å². The highest BCUT2D eigenvalue weighted by atomic mass is 16.2. The summed E-state index contributed by atoms with van der Waals surface area (Å²) in [6.45, 7) is 1.69. The van der Waals surface area contributed by atoms with Crippen molar-refractivity contribution in [1.29, 1.82) is 0 Å². The Balaban J connectivity index is 2.16. The summed E-state index contributed by atoms with van der Waals surface area (Å²) in [5.41, 5.74) is 2.22. The van der Waals surface area contributed by atoms with Gasteiger partial charge >= 0.3 is 0 Å². The van der Waals surface area contributed by atoms with Crippen LogP contribution in [0.1, 0.15) is 11.5 Å². The quantitative estimate of drug-likeness (QED) is 0.662. The van der Waals surface area contributed by atoms with E-state index >= 15 is 0 Å². The van der Waals surface area contributed by atoms with Crippen molar-refractivity contribution in [2.75, 3.05) is 25.0 Å². The van der Waals surface area contributed by atoms with Gasteiger partial charge in [0.25, 0.3) is 0 Å². The molecule has 0 aromatic carbocycles. The van der Waals surface area contributed by atoms with Crippen LogP contribution in [0.15, 0.2) is 18.5 Å². The van der Waals surface area contributed by atoms with E-state index in [0.29, 0.717) is 5.92 Å². The van der Waals surface area contributed by atoms with Gasteiger partial charge in [0, 0.05) is 44.1 Å². The summed E-state index contributed by atoms with van der Waals surface area (Å²) in [5.74, 6) is 0.646. The average Bonchev–Trinajstić information content (AvgIpc) is 2.75. The van der Waals surface area contributed by atoms with E-state index in [2.05, 4.69) is 10.3 Å². The average molecular weight is 203 g/mol. The van der Waals surface area contributed by atoms with Crippen LogP contribution in [0.3, 0.4) is 0 Å². The fraction of sp³-hybridized carbons (Fsp3) is 0.455. The molecule has 0 saturated carbocycles. The summed E-state index contributed by atoms with van der Waals surface area (Å²) in [4.78, 5) is 17.9. The van der Waals surface area contributed by atoms with Gasteiger partial charge in [0.1, 0.15) is 0 Å². The lowest BCUT2D eigenvalue weighted by molar-refractivity contribution is -0.122. The Bertz CT molecular complexity index is 418. The van der Waals surface area contributed by atoms with E-state index in [0.717, 1.165) is 18.8 Å². The highest BCUT2D eigenvalue weighted by Crippen LogP contribution is 2.39. The van der Waals surface area contributed by atoms with Crippen molar-refractivity contribution >= 4 is 11.6 Å². The third-order valence-corrected chi connectivity index (χ3v) is 3.45. The van der Waals surface area contributed by atoms with Crippen molar-refractivity contribution in [3.05, 3.63) is 24.0 Å². The van der Waals surface area contributed by atoms with E-state index in [-0.39, 0.29) is 11.8 Å². The molecule has 2 aliphatic rings. The normalized spacial score (nSPS) is 28.9. The fourth-order valence-corrected chi connectivity index (χ4v) is 2.62. The first kappa shape index (κ1) is 8.85. The zero-order valence-electron chi connectivity index (χ0n) is 8.60. The molecule has 0 unspecified atom stereocenters. The number of fused-ring (bicyclic) bond motifs is 3. The Hall–Kier alpha value is -1.42. The lowest BCUT2D eigenvalue weighted by Crippen LogP contribution is -2.40. The molecule has 0 aliphatic carbocycles. The van der Waals surface area contributed by atoms with Crippen LogP contribution in [-0.4, -0.2) is 31.0 Å². The van der Waals surface area contributed by atoms with Gasteiger partial charge < -0.3 is 10.2 Å². The SMILES string of the molecule is CN1C(=O)[C@H]2CNC[C@H]2c2cnccc21. The first-order valence-electron chi connectivity index (χ1n) is 5.21. The summed E-state index contributed by atoms with van der Waals surface area (Å²) in [7, 11) is 1.84. The number of anilines is 1. The van der Waals surface area contributed by atoms with Gasteiger partial charge in [-0.1, -0.05) is 0 Å². The first-order valence-corrected chi connectivity index (χ1v) is 5.21. The summed E-state index contributed by atoms with van der Waals surface area (Å²) in [5, 5.41) is 3.28. The van der Waals surface area contributed by atoms with Crippen LogP contribution in [0.4, 0.5) is 5.69 Å². The number of carbonyl (C=O) groups excluding carboxylic acids is 1. The molecule has 2 aliphatic heterocycles. The predicted molar refractivity (Wildman–Crippen MR) is 56.7 cm³/mol. The minimum absolute atomic E-state index is 0.103. The van der Waals surface area contributed by atoms with E-state index in [1.165, 1.54) is 5.56 Å². The zero-order chi connectivity index (χ0) is 10.4. The molecule has 3 heterocycles. The Morgan fingerprint density at radius 2 is 2.27 bits per heavy atom. The van der Waals surface area contributed by atoms with Crippen molar-refractivity contribution in [2.45, 2.75) is 5.92 Å². The molecular weight excluding hydrogens is 190 g/mol. The van der Waals surface area contributed by atoms with Gasteiger partial charge in [-0.2, -0.15) is 0 Å². The molecule has 0 bridgehead atoms. The van der Waals surface area contributed by atoms with E-state index in [4.69, 9.17) is 0 Å². The maximum atomic E-state index is 12.0. The number of hydrogen-bond donors (Lipinski definition) is 1. The van der Waals surface area contributed by atoms with Gasteiger partial charge in [0.15, 0.2) is 0 Å². The summed E-state index contributed by atoms with van der Waals surface area (Å²) in [6.07, 6.45) is 3.63. The largest absolute Gasteiger partial charge is 0.315 e. The van der Waals surface area contributed by atoms with Crippen molar-refractivity contribution < 1.29 is 4.79 Å². The second-order valence-electron chi connectivity index (χ2n) is 4.20. The lowest BCUT2D eigenvalue weighted by atomic mass is 9.84. The van der Waals surface area contributed by atoms with Gasteiger partial charge in [-0.3, -0.25) is 9.78 Å². The number of rotatable bonds is 0. The van der Waals surface area contributed by atoms with Gasteiger partial charge in [0.2, 0.25) is 5.91 Å². The monoisotopic (exact) mass is 203 g/mol. The molecule has 1 amide bonds. The van der Waals surface area contributed by atoms with Gasteiger partial charge in [-0.25, -0.2) is 0 Å². The Morgan fingerprint density at radius 3 is 3.13 bits per heavy atom. The van der Waals surface area contributed by atoms with Crippen molar-refractivity contribution in [3.8, 4) is 0 Å². The third kappa shape index (κ3) is 1.11. The molecule has 4 heteroatoms. The maximum absolute atomic E-state index is 12.0. The van der Waals surface area contributed by atoms with E-state index in [1.54, 1.807) is 11.1 Å². The van der Waals surface area contributed by atoms with Crippen molar-refractivity contribution in [1.82, 2.24) is 10.3 Å². The van der Waals surface area contributed by atoms with Crippen molar-refractivity contribution in [3.63, 3.8) is 0 Å². The van der Waals surface area contributed by atoms with Crippen molar-refractivity contribution in [2.24, 2.45) is 5.92 Å². The zero-order valence-corrected chi connectivity index (χ0v) is 8.60. The first-order chi connectivity index (χ1) is 7.29. The predicted octanol–water partition coefficient (Wildman–Crippen LogP) is 0.361. The molecule has 78 valence electrons. The van der Waals surface area contributed by atoms with E-state index in [1.807, 2.05) is 19.3 Å². The highest BCUT2D eigenvalue weighted by molar-refractivity contribution is 5.98. The molecule has 0 spiro atoms. The number of pyridine rings is 1. The van der Waals surface area contributed by atoms with Crippen LogP contribution in [0.25, 0.3) is 0 Å². The molecule has 1 saturated heterocycles. The second-order valence-corrected chi connectivity index (χ2v) is 4.20. The van der Waals surface area contributed by atoms with Gasteiger partial charge in [-0.05, 0) is 11.6 Å². The molecule has 4 nitrogen and oxygen atoms in total. The van der Waals surface area contributed by atoms with Gasteiger partial charge in [-0.15, -0.1) is 0 Å². The molecule has 15 heavy (non-hydrogen) atoms. The molecular formula is C11H13N3O. The number of amides is 1. The number of carbonyl (C=O) groups is 1. The number of nitrogens with zero attached hydrogens (tertiary/aromatic N) is 2. The number of nitrogens with one attached hydrogen (secondary N) is 1. The molecule has 1 aromatic rings. The second kappa shape index (κ2) is 3.03. The standard InChI is InChI=1S/C11H13N3O/c1-14-10-2-3-12-5-8(10)7-4-13-6-9(7)11(14)15/h2-3,5,7,9,13H,4,6H2,1H3/t7-,9-/m0/s1. The number of aromatic nitrogens is 1. The smallest absolute Gasteiger partial charge is 0.231 e. The van der Waals surface area contributed by atoms with E-state index < -0.39 is 0 Å². The van der Waals surface area contributed by atoms with E-state index in [9.17, 15) is 4.79 Å². The van der Waals surface area contributed by atoms with Gasteiger partial charge in [0.05, 0.1) is 5.92 Å². The molecule has 2 atom stereocenters. The molecule has 1 fully saturated rings. The molecule has 1 N–H and O–H groups in total. The molecule has 3 rings (SSSR count). The van der Waals surface area contributed by atoms with Crippen LogP contribution in [0.5, 0.6) is 0 Å². The Kier molecular flexibility index (Phi) is 1.79. The summed E-state index contributed by atoms with van der Waals surface area (Å²) in [6, 6.07) is 1.92. The molecule has 0 radical (unpaired) electrons. The highest BCUT2D eigenvalue weighted by Gasteiger charge is 2.41. The fourth-order valence-electron chi connectivity index (χ4n) is 2.62. The topological polar surface area (TPSA) is 45.2 Å². The summed E-state index contributed by atoms with van der Waals surface area (Å²) < 4.78 is 0.